The Hall–Kier alpha value is -3.28. The molecule has 4 aromatic rings. The van der Waals surface area contributed by atoms with Crippen molar-refractivity contribution >= 4 is 0 Å². The summed E-state index contributed by atoms with van der Waals surface area (Å²) in [5.41, 5.74) is 3.20. The minimum Gasteiger partial charge on any atom is -0.233 e. The van der Waals surface area contributed by atoms with Crippen LogP contribution in [-0.2, 0) is 5.41 Å². The van der Waals surface area contributed by atoms with Gasteiger partial charge in [0.15, 0.2) is 11.6 Å². The minimum absolute atomic E-state index is 0.0471. The van der Waals surface area contributed by atoms with E-state index < -0.39 is 5.41 Å². The molecule has 0 bridgehead atoms. The molecule has 0 aliphatic rings. The molecule has 33 heavy (non-hydrogen) atoms. The van der Waals surface area contributed by atoms with Crippen molar-refractivity contribution in [3.8, 4) is 11.6 Å². The normalized spacial score (nSPS) is 15.5. The van der Waals surface area contributed by atoms with Gasteiger partial charge in [-0.3, -0.25) is 0 Å². The molecule has 0 aliphatic heterocycles. The highest BCUT2D eigenvalue weighted by atomic mass is 15.3. The first-order valence-electron chi connectivity index (χ1n) is 13.6. The summed E-state index contributed by atoms with van der Waals surface area (Å²) < 4.78 is 34.6. The van der Waals surface area contributed by atoms with E-state index in [-0.39, 0.29) is 36.3 Å². The van der Waals surface area contributed by atoms with Crippen LogP contribution in [-0.4, -0.2) is 29.5 Å². The molecule has 0 aromatic carbocycles. The second kappa shape index (κ2) is 9.30. The van der Waals surface area contributed by atoms with E-state index >= 15 is 0 Å². The molecule has 0 N–H and O–H groups in total. The zero-order valence-corrected chi connectivity index (χ0v) is 20.2. The van der Waals surface area contributed by atoms with Gasteiger partial charge >= 0.3 is 0 Å². The van der Waals surface area contributed by atoms with E-state index in [1.54, 1.807) is 0 Å². The predicted octanol–water partition coefficient (Wildman–Crippen LogP) is 6.20. The highest BCUT2D eigenvalue weighted by Gasteiger charge is 2.29. The van der Waals surface area contributed by atoms with Crippen LogP contribution in [0.25, 0.3) is 11.6 Å². The van der Waals surface area contributed by atoms with Gasteiger partial charge < -0.3 is 0 Å². The Bertz CT molecular complexity index is 1280. The average Bonchev–Trinajstić information content (AvgIpc) is 3.42. The average molecular weight is 447 g/mol. The SMILES string of the molecule is [2H]c1cn(-c2cc(C(C)CC)cc(C(C)(C)c3cc(C(C)CC)cc(-n4cc([2H])c([2H])n4)n3)n2)nc1[2H]. The van der Waals surface area contributed by atoms with Gasteiger partial charge in [0, 0.05) is 30.2 Å². The number of aromatic nitrogens is 6. The quantitative estimate of drug-likeness (QED) is 0.323. The van der Waals surface area contributed by atoms with E-state index in [1.165, 1.54) is 21.8 Å². The zero-order valence-electron chi connectivity index (χ0n) is 24.2. The van der Waals surface area contributed by atoms with Crippen LogP contribution in [0.15, 0.2) is 61.1 Å². The Morgan fingerprint density at radius 2 is 1.21 bits per heavy atom. The molecule has 0 radical (unpaired) electrons. The second-order valence-electron chi connectivity index (χ2n) is 9.19. The Labute approximate surface area is 202 Å². The summed E-state index contributed by atoms with van der Waals surface area (Å²) in [5, 5.41) is 8.37. The summed E-state index contributed by atoms with van der Waals surface area (Å²) in [6, 6.07) is 8.27. The van der Waals surface area contributed by atoms with Crippen LogP contribution in [0.1, 0.15) is 94.2 Å². The third kappa shape index (κ3) is 4.61. The van der Waals surface area contributed by atoms with Gasteiger partial charge in [0.05, 0.1) is 16.9 Å². The second-order valence-corrected chi connectivity index (χ2v) is 9.19. The lowest BCUT2D eigenvalue weighted by molar-refractivity contribution is 0.580. The van der Waals surface area contributed by atoms with E-state index in [1.807, 2.05) is 12.1 Å². The number of rotatable bonds is 8. The Morgan fingerprint density at radius 3 is 1.55 bits per heavy atom. The summed E-state index contributed by atoms with van der Waals surface area (Å²) in [7, 11) is 0. The fourth-order valence-electron chi connectivity index (χ4n) is 3.76. The molecule has 172 valence electrons. The van der Waals surface area contributed by atoms with E-state index in [4.69, 9.17) is 15.5 Å². The molecule has 0 saturated carbocycles. The fraction of sp³-hybridized carbons (Fsp3) is 0.407. The first-order valence-corrected chi connectivity index (χ1v) is 11.6. The van der Waals surface area contributed by atoms with Crippen molar-refractivity contribution in [3.63, 3.8) is 0 Å². The molecular weight excluding hydrogens is 408 g/mol. The molecular formula is C27H34N6. The number of hydrogen-bond acceptors (Lipinski definition) is 4. The standard InChI is InChI=1S/C27H34N6/c1-7-19(3)21-15-23(30-25(17-21)32-13-9-11-28-32)27(5,6)24-16-22(20(4)8-2)18-26(31-24)33-14-10-12-29-33/h9-20H,7-8H2,1-6H3/i9D,10D,11D,12D. The topological polar surface area (TPSA) is 61.4 Å². The van der Waals surface area contributed by atoms with Crippen LogP contribution < -0.4 is 0 Å². The molecule has 2 unspecified atom stereocenters. The number of pyridine rings is 2. The molecule has 0 saturated heterocycles. The van der Waals surface area contributed by atoms with Crippen LogP contribution in [0, 0.1) is 0 Å². The lowest BCUT2D eigenvalue weighted by atomic mass is 9.81. The van der Waals surface area contributed by atoms with E-state index in [9.17, 15) is 0 Å². The van der Waals surface area contributed by atoms with Crippen LogP contribution in [0.5, 0.6) is 0 Å². The van der Waals surface area contributed by atoms with Crippen molar-refractivity contribution in [2.24, 2.45) is 0 Å². The van der Waals surface area contributed by atoms with Gasteiger partial charge in [0.25, 0.3) is 0 Å². The predicted molar refractivity (Wildman–Crippen MR) is 132 cm³/mol. The van der Waals surface area contributed by atoms with Crippen molar-refractivity contribution in [2.75, 3.05) is 0 Å². The summed E-state index contributed by atoms with van der Waals surface area (Å²) >= 11 is 0. The smallest absolute Gasteiger partial charge is 0.153 e. The Balaban J connectivity index is 1.91. The number of nitrogens with zero attached hydrogens (tertiary/aromatic N) is 6. The highest BCUT2D eigenvalue weighted by molar-refractivity contribution is 5.42. The van der Waals surface area contributed by atoms with E-state index in [0.717, 1.165) is 35.4 Å². The first kappa shape index (κ1) is 18.2. The molecule has 4 rings (SSSR count). The van der Waals surface area contributed by atoms with Gasteiger partial charge in [-0.05, 0) is 86.0 Å². The molecule has 4 aromatic heterocycles. The lowest BCUT2D eigenvalue weighted by Gasteiger charge is -2.27. The molecule has 0 spiro atoms. The van der Waals surface area contributed by atoms with Crippen molar-refractivity contribution in [1.29, 1.82) is 0 Å². The van der Waals surface area contributed by atoms with Crippen molar-refractivity contribution in [1.82, 2.24) is 29.5 Å². The third-order valence-electron chi connectivity index (χ3n) is 6.60. The first-order chi connectivity index (χ1) is 17.4. The van der Waals surface area contributed by atoms with Crippen molar-refractivity contribution < 1.29 is 5.48 Å². The van der Waals surface area contributed by atoms with Gasteiger partial charge in [-0.2, -0.15) is 10.2 Å². The molecule has 2 atom stereocenters. The van der Waals surface area contributed by atoms with Gasteiger partial charge in [-0.1, -0.05) is 27.7 Å². The van der Waals surface area contributed by atoms with Gasteiger partial charge in [-0.25, -0.2) is 19.3 Å². The Morgan fingerprint density at radius 1 is 0.788 bits per heavy atom. The van der Waals surface area contributed by atoms with E-state index in [0.29, 0.717) is 11.6 Å². The van der Waals surface area contributed by atoms with Crippen molar-refractivity contribution in [2.45, 2.75) is 71.6 Å². The maximum Gasteiger partial charge on any atom is 0.153 e. The maximum atomic E-state index is 7.94. The van der Waals surface area contributed by atoms with Crippen molar-refractivity contribution in [3.05, 3.63) is 83.6 Å². The molecule has 0 amide bonds. The molecule has 4 heterocycles. The van der Waals surface area contributed by atoms with Gasteiger partial charge in [0.2, 0.25) is 0 Å². The van der Waals surface area contributed by atoms with Crippen LogP contribution >= 0.6 is 0 Å². The fourth-order valence-corrected chi connectivity index (χ4v) is 3.76. The summed E-state index contributed by atoms with van der Waals surface area (Å²) in [4.78, 5) is 9.90. The molecule has 0 fully saturated rings. The summed E-state index contributed by atoms with van der Waals surface area (Å²) in [5.74, 6) is 1.69. The lowest BCUT2D eigenvalue weighted by Crippen LogP contribution is -2.25. The highest BCUT2D eigenvalue weighted by Crippen LogP contribution is 2.34. The molecule has 6 nitrogen and oxygen atoms in total. The van der Waals surface area contributed by atoms with Crippen LogP contribution in [0.2, 0.25) is 0 Å². The summed E-state index contributed by atoms with van der Waals surface area (Å²) in [6.07, 6.45) is 4.74. The largest absolute Gasteiger partial charge is 0.233 e. The zero-order chi connectivity index (χ0) is 27.1. The molecule has 6 heteroatoms. The third-order valence-corrected chi connectivity index (χ3v) is 6.60. The monoisotopic (exact) mass is 446 g/mol. The van der Waals surface area contributed by atoms with Gasteiger partial charge in [0.1, 0.15) is 0 Å². The van der Waals surface area contributed by atoms with Crippen LogP contribution in [0.4, 0.5) is 0 Å². The maximum absolute atomic E-state index is 7.94. The molecule has 0 aliphatic carbocycles. The van der Waals surface area contributed by atoms with E-state index in [2.05, 4.69) is 63.9 Å². The van der Waals surface area contributed by atoms with Gasteiger partial charge in [-0.15, -0.1) is 0 Å². The number of hydrogen-bond donors (Lipinski definition) is 0. The van der Waals surface area contributed by atoms with Crippen LogP contribution in [0.3, 0.4) is 0 Å². The summed E-state index contributed by atoms with van der Waals surface area (Å²) in [6.45, 7) is 12.8. The Kier molecular flexibility index (Phi) is 5.12. The minimum atomic E-state index is -0.613.